The van der Waals surface area contributed by atoms with Crippen molar-refractivity contribution in [1.82, 2.24) is 20.8 Å². The van der Waals surface area contributed by atoms with Crippen molar-refractivity contribution in [2.24, 2.45) is 5.92 Å². The highest BCUT2D eigenvalue weighted by atomic mass is 32.1. The molecule has 1 aromatic heterocycles. The van der Waals surface area contributed by atoms with Gasteiger partial charge in [0.1, 0.15) is 16.9 Å². The first kappa shape index (κ1) is 19.8. The van der Waals surface area contributed by atoms with Gasteiger partial charge < -0.3 is 10.6 Å². The van der Waals surface area contributed by atoms with E-state index in [2.05, 4.69) is 26.1 Å². The number of hydrogen-bond acceptors (Lipinski definition) is 5. The Bertz CT molecular complexity index is 750. The van der Waals surface area contributed by atoms with E-state index in [0.717, 1.165) is 6.42 Å². The molecule has 3 amide bonds. The van der Waals surface area contributed by atoms with Crippen molar-refractivity contribution in [1.29, 1.82) is 0 Å². The van der Waals surface area contributed by atoms with Gasteiger partial charge in [-0.25, -0.2) is 9.18 Å². The summed E-state index contributed by atoms with van der Waals surface area (Å²) >= 11 is 1.18. The molecule has 0 fully saturated rings. The van der Waals surface area contributed by atoms with E-state index in [1.807, 2.05) is 13.8 Å². The molecule has 0 aliphatic rings. The van der Waals surface area contributed by atoms with Crippen LogP contribution in [0.15, 0.2) is 24.3 Å². The van der Waals surface area contributed by atoms with Crippen molar-refractivity contribution in [2.75, 3.05) is 11.9 Å². The van der Waals surface area contributed by atoms with Gasteiger partial charge in [-0.05, 0) is 37.1 Å². The number of carbonyl (C=O) groups excluding carboxylic acids is 2. The van der Waals surface area contributed by atoms with Gasteiger partial charge in [0, 0.05) is 12.1 Å². The zero-order valence-electron chi connectivity index (χ0n) is 14.9. The summed E-state index contributed by atoms with van der Waals surface area (Å²) in [5, 5.41) is 16.9. The summed E-state index contributed by atoms with van der Waals surface area (Å²) in [4.78, 5) is 24.4. The van der Waals surface area contributed by atoms with E-state index in [1.54, 1.807) is 19.1 Å². The Morgan fingerprint density at radius 3 is 2.50 bits per heavy atom. The monoisotopic (exact) mass is 379 g/mol. The number of hydrogen-bond donors (Lipinski definition) is 3. The second kappa shape index (κ2) is 9.23. The second-order valence-electron chi connectivity index (χ2n) is 5.78. The first-order chi connectivity index (χ1) is 12.4. The van der Waals surface area contributed by atoms with Crippen LogP contribution in [0.2, 0.25) is 0 Å². The number of nitrogens with one attached hydrogen (secondary N) is 3. The maximum absolute atomic E-state index is 13.0. The average Bonchev–Trinajstić information content (AvgIpc) is 3.08. The highest BCUT2D eigenvalue weighted by Gasteiger charge is 2.26. The van der Waals surface area contributed by atoms with Crippen LogP contribution in [0.25, 0.3) is 10.6 Å². The summed E-state index contributed by atoms with van der Waals surface area (Å²) in [6.45, 7) is 6.11. The van der Waals surface area contributed by atoms with Crippen LogP contribution in [0.1, 0.15) is 27.2 Å². The van der Waals surface area contributed by atoms with E-state index < -0.39 is 12.1 Å². The van der Waals surface area contributed by atoms with Gasteiger partial charge in [-0.2, -0.15) is 0 Å². The molecule has 1 heterocycles. The van der Waals surface area contributed by atoms with Crippen LogP contribution in [0.3, 0.4) is 0 Å². The molecular formula is C17H22FN5O2S. The minimum Gasteiger partial charge on any atom is -0.338 e. The average molecular weight is 379 g/mol. The van der Waals surface area contributed by atoms with E-state index in [9.17, 15) is 14.0 Å². The van der Waals surface area contributed by atoms with E-state index in [-0.39, 0.29) is 17.6 Å². The number of amides is 3. The Labute approximate surface area is 155 Å². The lowest BCUT2D eigenvalue weighted by Crippen LogP contribution is -2.51. The van der Waals surface area contributed by atoms with Crippen LogP contribution < -0.4 is 16.0 Å². The number of urea groups is 1. The number of carbonyl (C=O) groups is 2. The maximum Gasteiger partial charge on any atom is 0.315 e. The molecule has 140 valence electrons. The Kier molecular flexibility index (Phi) is 7.02. The number of aromatic nitrogens is 2. The van der Waals surface area contributed by atoms with Crippen LogP contribution in [0, 0.1) is 11.7 Å². The molecule has 0 saturated heterocycles. The zero-order valence-corrected chi connectivity index (χ0v) is 15.7. The fraction of sp³-hybridized carbons (Fsp3) is 0.412. The molecule has 0 spiro atoms. The first-order valence-corrected chi connectivity index (χ1v) is 9.20. The largest absolute Gasteiger partial charge is 0.338 e. The van der Waals surface area contributed by atoms with E-state index in [1.165, 1.54) is 23.5 Å². The lowest BCUT2D eigenvalue weighted by Gasteiger charge is -2.22. The highest BCUT2D eigenvalue weighted by Crippen LogP contribution is 2.26. The molecule has 0 aliphatic heterocycles. The summed E-state index contributed by atoms with van der Waals surface area (Å²) in [7, 11) is 0. The van der Waals surface area contributed by atoms with Gasteiger partial charge in [0.2, 0.25) is 11.0 Å². The van der Waals surface area contributed by atoms with Crippen LogP contribution in [-0.2, 0) is 4.79 Å². The lowest BCUT2D eigenvalue weighted by molar-refractivity contribution is -0.119. The number of benzene rings is 1. The van der Waals surface area contributed by atoms with Crippen molar-refractivity contribution < 1.29 is 14.0 Å². The summed E-state index contributed by atoms with van der Waals surface area (Å²) in [5.74, 6) is -0.742. The van der Waals surface area contributed by atoms with Gasteiger partial charge in [-0.3, -0.25) is 10.1 Å². The summed E-state index contributed by atoms with van der Waals surface area (Å²) in [5.41, 5.74) is 0.711. The Morgan fingerprint density at radius 1 is 1.19 bits per heavy atom. The third-order valence-electron chi connectivity index (χ3n) is 3.87. The Balaban J connectivity index is 2.08. The molecule has 7 nitrogen and oxygen atoms in total. The van der Waals surface area contributed by atoms with Crippen LogP contribution in [-0.4, -0.2) is 34.7 Å². The molecule has 1 aromatic carbocycles. The van der Waals surface area contributed by atoms with Gasteiger partial charge in [-0.15, -0.1) is 10.2 Å². The quantitative estimate of drug-likeness (QED) is 0.689. The van der Waals surface area contributed by atoms with Crippen molar-refractivity contribution in [3.63, 3.8) is 0 Å². The van der Waals surface area contributed by atoms with Crippen molar-refractivity contribution in [3.05, 3.63) is 30.1 Å². The highest BCUT2D eigenvalue weighted by molar-refractivity contribution is 7.18. The SMILES string of the molecule is CCNC(=O)N[C@@H](C(=O)Nc1nnc(-c2ccc(F)cc2)s1)[C@@H](C)CC. The molecule has 2 aromatic rings. The molecule has 3 N–H and O–H groups in total. The van der Waals surface area contributed by atoms with Crippen LogP contribution in [0.5, 0.6) is 0 Å². The number of halogens is 1. The van der Waals surface area contributed by atoms with Gasteiger partial charge in [0.05, 0.1) is 0 Å². The van der Waals surface area contributed by atoms with E-state index in [4.69, 9.17) is 0 Å². The van der Waals surface area contributed by atoms with Crippen molar-refractivity contribution in [2.45, 2.75) is 33.2 Å². The summed E-state index contributed by atoms with van der Waals surface area (Å²) < 4.78 is 13.0. The predicted molar refractivity (Wildman–Crippen MR) is 99.4 cm³/mol. The third kappa shape index (κ3) is 5.22. The van der Waals surface area contributed by atoms with Crippen molar-refractivity contribution in [3.8, 4) is 10.6 Å². The minimum absolute atomic E-state index is 0.0536. The van der Waals surface area contributed by atoms with Crippen LogP contribution >= 0.6 is 11.3 Å². The molecule has 0 saturated carbocycles. The third-order valence-corrected chi connectivity index (χ3v) is 4.75. The molecule has 9 heteroatoms. The number of nitrogens with zero attached hydrogens (tertiary/aromatic N) is 2. The lowest BCUT2D eigenvalue weighted by atomic mass is 9.98. The van der Waals surface area contributed by atoms with E-state index >= 15 is 0 Å². The second-order valence-corrected chi connectivity index (χ2v) is 6.75. The molecule has 0 radical (unpaired) electrons. The molecule has 2 rings (SSSR count). The molecule has 2 atom stereocenters. The van der Waals surface area contributed by atoms with Gasteiger partial charge >= 0.3 is 6.03 Å². The van der Waals surface area contributed by atoms with Crippen LogP contribution in [0.4, 0.5) is 14.3 Å². The zero-order chi connectivity index (χ0) is 19.1. The number of anilines is 1. The standard InChI is InChI=1S/C17H22FN5O2S/c1-4-10(3)13(20-16(25)19-5-2)14(24)21-17-23-22-15(26-17)11-6-8-12(18)9-7-11/h6-10,13H,4-5H2,1-3H3,(H2,19,20,25)(H,21,23,24)/t10-,13+/m0/s1. The first-order valence-electron chi connectivity index (χ1n) is 8.39. The summed E-state index contributed by atoms with van der Waals surface area (Å²) in [6, 6.07) is 4.79. The Morgan fingerprint density at radius 2 is 1.88 bits per heavy atom. The Hall–Kier alpha value is -2.55. The van der Waals surface area contributed by atoms with Gasteiger partial charge in [0.15, 0.2) is 0 Å². The maximum atomic E-state index is 13.0. The normalized spacial score (nSPS) is 12.9. The fourth-order valence-electron chi connectivity index (χ4n) is 2.22. The summed E-state index contributed by atoms with van der Waals surface area (Å²) in [6.07, 6.45) is 0.724. The molecule has 0 unspecified atom stereocenters. The fourth-order valence-corrected chi connectivity index (χ4v) is 2.97. The molecule has 0 aliphatic carbocycles. The predicted octanol–water partition coefficient (Wildman–Crippen LogP) is 3.02. The topological polar surface area (TPSA) is 96.0 Å². The smallest absolute Gasteiger partial charge is 0.315 e. The van der Waals surface area contributed by atoms with E-state index in [0.29, 0.717) is 22.2 Å². The minimum atomic E-state index is -0.690. The van der Waals surface area contributed by atoms with Gasteiger partial charge in [-0.1, -0.05) is 31.6 Å². The molecule has 26 heavy (non-hydrogen) atoms. The van der Waals surface area contributed by atoms with Gasteiger partial charge in [0.25, 0.3) is 0 Å². The van der Waals surface area contributed by atoms with Crippen molar-refractivity contribution >= 4 is 28.4 Å². The molecule has 0 bridgehead atoms. The number of rotatable bonds is 7. The molecular weight excluding hydrogens is 357 g/mol.